The van der Waals surface area contributed by atoms with Crippen molar-refractivity contribution in [2.45, 2.75) is 13.3 Å². The average molecular weight is 429 g/mol. The van der Waals surface area contributed by atoms with E-state index in [0.29, 0.717) is 33.9 Å². The number of hydrogen-bond acceptors (Lipinski definition) is 5. The fourth-order valence-corrected chi connectivity index (χ4v) is 3.59. The van der Waals surface area contributed by atoms with E-state index in [9.17, 15) is 9.59 Å². The Kier molecular flexibility index (Phi) is 5.89. The Bertz CT molecular complexity index is 1340. The zero-order valence-corrected chi connectivity index (χ0v) is 18.1. The van der Waals surface area contributed by atoms with Crippen molar-refractivity contribution in [1.29, 1.82) is 0 Å². The van der Waals surface area contributed by atoms with Gasteiger partial charge in [-0.3, -0.25) is 14.2 Å². The number of amides is 1. The number of rotatable bonds is 6. The number of methoxy groups -OCH3 is 2. The number of aromatic nitrogens is 2. The lowest BCUT2D eigenvalue weighted by Gasteiger charge is -2.15. The molecule has 1 N–H and O–H groups in total. The average Bonchev–Trinajstić information content (AvgIpc) is 2.80. The van der Waals surface area contributed by atoms with E-state index >= 15 is 0 Å². The van der Waals surface area contributed by atoms with Gasteiger partial charge in [0.15, 0.2) is 0 Å². The molecule has 0 unspecified atom stereocenters. The first-order valence-electron chi connectivity index (χ1n) is 10.1. The van der Waals surface area contributed by atoms with Crippen molar-refractivity contribution in [3.05, 3.63) is 88.5 Å². The summed E-state index contributed by atoms with van der Waals surface area (Å²) >= 11 is 0. The number of carbonyl (C=O) groups excluding carboxylic acids is 1. The molecule has 1 amide bonds. The molecule has 0 saturated carbocycles. The number of nitrogens with zero attached hydrogens (tertiary/aromatic N) is 2. The second-order valence-corrected chi connectivity index (χ2v) is 7.27. The van der Waals surface area contributed by atoms with E-state index < -0.39 is 0 Å². The van der Waals surface area contributed by atoms with Gasteiger partial charge in [-0.25, -0.2) is 4.98 Å². The third-order valence-corrected chi connectivity index (χ3v) is 5.18. The lowest BCUT2D eigenvalue weighted by atomic mass is 10.1. The van der Waals surface area contributed by atoms with Crippen molar-refractivity contribution in [2.24, 2.45) is 0 Å². The second-order valence-electron chi connectivity index (χ2n) is 7.27. The van der Waals surface area contributed by atoms with E-state index in [2.05, 4.69) is 10.3 Å². The number of anilines is 1. The molecule has 0 atom stereocenters. The van der Waals surface area contributed by atoms with E-state index in [0.717, 1.165) is 11.3 Å². The Morgan fingerprint density at radius 1 is 1.00 bits per heavy atom. The molecule has 0 aliphatic rings. The van der Waals surface area contributed by atoms with Crippen molar-refractivity contribution in [3.8, 4) is 17.2 Å². The third kappa shape index (κ3) is 4.18. The number of para-hydroxylation sites is 1. The highest BCUT2D eigenvalue weighted by Gasteiger charge is 2.14. The summed E-state index contributed by atoms with van der Waals surface area (Å²) < 4.78 is 12.2. The number of nitrogens with one attached hydrogen (secondary N) is 1. The van der Waals surface area contributed by atoms with Crippen molar-refractivity contribution < 1.29 is 14.3 Å². The van der Waals surface area contributed by atoms with Gasteiger partial charge in [0, 0.05) is 6.07 Å². The Morgan fingerprint density at radius 2 is 1.75 bits per heavy atom. The van der Waals surface area contributed by atoms with Crippen LogP contribution in [0.3, 0.4) is 0 Å². The zero-order chi connectivity index (χ0) is 22.7. The molecule has 1 aromatic heterocycles. The van der Waals surface area contributed by atoms with Crippen molar-refractivity contribution in [1.82, 2.24) is 9.55 Å². The largest absolute Gasteiger partial charge is 0.497 e. The standard InChI is InChI=1S/C25H23N3O4/c1-16-26-21-7-5-4-6-20(21)25(30)28(16)18-10-13-22(23(15-18)32-3)27-24(29)14-17-8-11-19(31-2)12-9-17/h4-13,15H,14H2,1-3H3,(H,27,29). The molecule has 162 valence electrons. The Morgan fingerprint density at radius 3 is 2.47 bits per heavy atom. The molecule has 0 radical (unpaired) electrons. The molecule has 4 rings (SSSR count). The molecule has 0 bridgehead atoms. The smallest absolute Gasteiger partial charge is 0.265 e. The lowest BCUT2D eigenvalue weighted by molar-refractivity contribution is -0.115. The molecule has 7 heteroatoms. The molecule has 3 aromatic carbocycles. The van der Waals surface area contributed by atoms with Crippen LogP contribution >= 0.6 is 0 Å². The molecule has 0 aliphatic carbocycles. The fraction of sp³-hybridized carbons (Fsp3) is 0.160. The minimum absolute atomic E-state index is 0.161. The van der Waals surface area contributed by atoms with Crippen LogP contribution in [0.25, 0.3) is 16.6 Å². The summed E-state index contributed by atoms with van der Waals surface area (Å²) in [6, 6.07) is 19.8. The van der Waals surface area contributed by atoms with E-state index in [1.165, 1.54) is 11.7 Å². The molecular weight excluding hydrogens is 406 g/mol. The van der Waals surface area contributed by atoms with Gasteiger partial charge in [0.25, 0.3) is 5.56 Å². The van der Waals surface area contributed by atoms with Gasteiger partial charge in [-0.2, -0.15) is 0 Å². The number of aryl methyl sites for hydroxylation is 1. The van der Waals surface area contributed by atoms with Gasteiger partial charge in [0.1, 0.15) is 17.3 Å². The molecule has 1 heterocycles. The summed E-state index contributed by atoms with van der Waals surface area (Å²) in [6.07, 6.45) is 0.210. The molecule has 0 fully saturated rings. The van der Waals surface area contributed by atoms with Crippen molar-refractivity contribution in [2.75, 3.05) is 19.5 Å². The first-order chi connectivity index (χ1) is 15.5. The van der Waals surface area contributed by atoms with E-state index in [4.69, 9.17) is 9.47 Å². The zero-order valence-electron chi connectivity index (χ0n) is 18.1. The quantitative estimate of drug-likeness (QED) is 0.503. The molecule has 7 nitrogen and oxygen atoms in total. The molecule has 0 aliphatic heterocycles. The van der Waals surface area contributed by atoms with Gasteiger partial charge in [0.05, 0.1) is 42.9 Å². The first-order valence-corrected chi connectivity index (χ1v) is 10.1. The van der Waals surface area contributed by atoms with Crippen LogP contribution in [0.15, 0.2) is 71.5 Å². The summed E-state index contributed by atoms with van der Waals surface area (Å²) in [5.41, 5.74) is 2.49. The highest BCUT2D eigenvalue weighted by atomic mass is 16.5. The van der Waals surface area contributed by atoms with Crippen LogP contribution < -0.4 is 20.3 Å². The Balaban J connectivity index is 1.61. The van der Waals surface area contributed by atoms with Crippen molar-refractivity contribution >= 4 is 22.5 Å². The first kappa shape index (κ1) is 21.1. The van der Waals surface area contributed by atoms with Crippen LogP contribution in [-0.4, -0.2) is 29.7 Å². The van der Waals surface area contributed by atoms with Crippen LogP contribution in [-0.2, 0) is 11.2 Å². The van der Waals surface area contributed by atoms with E-state index in [-0.39, 0.29) is 17.9 Å². The number of hydrogen-bond donors (Lipinski definition) is 1. The molecular formula is C25H23N3O4. The Hall–Kier alpha value is -4.13. The minimum Gasteiger partial charge on any atom is -0.497 e. The maximum absolute atomic E-state index is 13.1. The maximum Gasteiger partial charge on any atom is 0.265 e. The predicted octanol–water partition coefficient (Wildman–Crippen LogP) is 3.89. The summed E-state index contributed by atoms with van der Waals surface area (Å²) in [6.45, 7) is 1.78. The minimum atomic E-state index is -0.179. The SMILES string of the molecule is COc1ccc(CC(=O)Nc2ccc(-n3c(C)nc4ccccc4c3=O)cc2OC)cc1. The summed E-state index contributed by atoms with van der Waals surface area (Å²) in [7, 11) is 3.12. The topological polar surface area (TPSA) is 82.5 Å². The van der Waals surface area contributed by atoms with Crippen molar-refractivity contribution in [3.63, 3.8) is 0 Å². The van der Waals surface area contributed by atoms with Gasteiger partial charge >= 0.3 is 0 Å². The number of fused-ring (bicyclic) bond motifs is 1. The van der Waals surface area contributed by atoms with Gasteiger partial charge in [-0.15, -0.1) is 0 Å². The summed E-state index contributed by atoms with van der Waals surface area (Å²) in [5.74, 6) is 1.57. The second kappa shape index (κ2) is 8.93. The number of carbonyl (C=O) groups is 1. The predicted molar refractivity (Wildman–Crippen MR) is 124 cm³/mol. The van der Waals surface area contributed by atoms with Gasteiger partial charge in [0.2, 0.25) is 5.91 Å². The van der Waals surface area contributed by atoms with Crippen LogP contribution in [0.4, 0.5) is 5.69 Å². The normalized spacial score (nSPS) is 10.7. The van der Waals surface area contributed by atoms with Crippen LogP contribution in [0.2, 0.25) is 0 Å². The van der Waals surface area contributed by atoms with E-state index in [1.54, 1.807) is 38.3 Å². The third-order valence-electron chi connectivity index (χ3n) is 5.18. The molecule has 32 heavy (non-hydrogen) atoms. The van der Waals surface area contributed by atoms with Gasteiger partial charge in [-0.05, 0) is 48.9 Å². The van der Waals surface area contributed by atoms with Crippen LogP contribution in [0, 0.1) is 6.92 Å². The molecule has 0 saturated heterocycles. The monoisotopic (exact) mass is 429 g/mol. The fourth-order valence-electron chi connectivity index (χ4n) is 3.59. The highest BCUT2D eigenvalue weighted by Crippen LogP contribution is 2.28. The summed E-state index contributed by atoms with van der Waals surface area (Å²) in [4.78, 5) is 30.2. The van der Waals surface area contributed by atoms with Crippen LogP contribution in [0.5, 0.6) is 11.5 Å². The number of ether oxygens (including phenoxy) is 2. The lowest BCUT2D eigenvalue weighted by Crippen LogP contribution is -2.22. The van der Waals surface area contributed by atoms with Gasteiger partial charge < -0.3 is 14.8 Å². The number of benzene rings is 3. The van der Waals surface area contributed by atoms with Gasteiger partial charge in [-0.1, -0.05) is 24.3 Å². The van der Waals surface area contributed by atoms with E-state index in [1.807, 2.05) is 42.5 Å². The Labute approximate surface area is 185 Å². The van der Waals surface area contributed by atoms with Crippen LogP contribution in [0.1, 0.15) is 11.4 Å². The summed E-state index contributed by atoms with van der Waals surface area (Å²) in [5, 5.41) is 3.41. The molecule has 4 aromatic rings. The maximum atomic E-state index is 13.1. The molecule has 0 spiro atoms. The highest BCUT2D eigenvalue weighted by molar-refractivity contribution is 5.94.